The predicted molar refractivity (Wildman–Crippen MR) is 75.9 cm³/mol. The Kier molecular flexibility index (Phi) is 4.14. The number of nitrogens with one attached hydrogen (secondary N) is 1. The van der Waals surface area contributed by atoms with E-state index in [1.54, 1.807) is 19.2 Å². The summed E-state index contributed by atoms with van der Waals surface area (Å²) in [5.41, 5.74) is 1.21. The van der Waals surface area contributed by atoms with E-state index in [4.69, 9.17) is 4.74 Å². The number of hydrogen-bond acceptors (Lipinski definition) is 2. The minimum absolute atomic E-state index is 0.0908. The van der Waals surface area contributed by atoms with Gasteiger partial charge in [0.2, 0.25) is 0 Å². The maximum Gasteiger partial charge on any atom is 0.123 e. The second kappa shape index (κ2) is 5.49. The first kappa shape index (κ1) is 14.3. The van der Waals surface area contributed by atoms with Gasteiger partial charge in [0.15, 0.2) is 0 Å². The molecule has 0 radical (unpaired) electrons. The largest absolute Gasteiger partial charge is 0.496 e. The summed E-state index contributed by atoms with van der Waals surface area (Å²) in [6.45, 7) is 6.67. The van der Waals surface area contributed by atoms with Gasteiger partial charge in [-0.15, -0.1) is 0 Å². The molecule has 1 saturated carbocycles. The van der Waals surface area contributed by atoms with Gasteiger partial charge in [-0.05, 0) is 43.4 Å². The molecule has 3 heteroatoms. The summed E-state index contributed by atoms with van der Waals surface area (Å²) in [5.74, 6) is 0.535. The van der Waals surface area contributed by atoms with E-state index in [1.807, 2.05) is 0 Å². The third kappa shape index (κ3) is 3.08. The van der Waals surface area contributed by atoms with E-state index in [1.165, 1.54) is 25.3 Å². The molecule has 0 amide bonds. The van der Waals surface area contributed by atoms with Gasteiger partial charge >= 0.3 is 0 Å². The molecule has 2 nitrogen and oxygen atoms in total. The molecule has 0 saturated heterocycles. The van der Waals surface area contributed by atoms with Crippen LogP contribution in [0.4, 0.5) is 4.39 Å². The third-order valence-corrected chi connectivity index (χ3v) is 4.37. The van der Waals surface area contributed by atoms with Crippen LogP contribution < -0.4 is 10.1 Å². The number of halogens is 1. The Morgan fingerprint density at radius 2 is 2.16 bits per heavy atom. The van der Waals surface area contributed by atoms with E-state index >= 15 is 0 Å². The van der Waals surface area contributed by atoms with Gasteiger partial charge in [0.25, 0.3) is 0 Å². The molecule has 0 bridgehead atoms. The van der Waals surface area contributed by atoms with Crippen molar-refractivity contribution in [1.82, 2.24) is 5.32 Å². The average Bonchev–Trinajstić information content (AvgIpc) is 2.68. The molecule has 1 aliphatic carbocycles. The fraction of sp³-hybridized carbons (Fsp3) is 0.625. The highest BCUT2D eigenvalue weighted by Gasteiger charge is 2.35. The molecule has 0 spiro atoms. The van der Waals surface area contributed by atoms with Crippen LogP contribution in [0.1, 0.15) is 51.6 Å². The van der Waals surface area contributed by atoms with Gasteiger partial charge in [0.1, 0.15) is 11.6 Å². The minimum Gasteiger partial charge on any atom is -0.496 e. The second-order valence-electron chi connectivity index (χ2n) is 6.21. The smallest absolute Gasteiger partial charge is 0.123 e. The molecule has 106 valence electrons. The summed E-state index contributed by atoms with van der Waals surface area (Å²) in [4.78, 5) is 0. The molecule has 2 rings (SSSR count). The van der Waals surface area contributed by atoms with Crippen LogP contribution in [-0.4, -0.2) is 13.2 Å². The number of methoxy groups -OCH3 is 1. The van der Waals surface area contributed by atoms with Crippen molar-refractivity contribution in [2.45, 2.75) is 52.1 Å². The fourth-order valence-electron chi connectivity index (χ4n) is 3.07. The molecular formula is C16H24FNO. The summed E-state index contributed by atoms with van der Waals surface area (Å²) >= 11 is 0. The zero-order valence-electron chi connectivity index (χ0n) is 12.3. The first-order chi connectivity index (χ1) is 8.94. The molecule has 1 aromatic rings. The molecule has 0 heterocycles. The lowest BCUT2D eigenvalue weighted by Gasteiger charge is -2.31. The van der Waals surface area contributed by atoms with Crippen LogP contribution in [0, 0.1) is 11.2 Å². The second-order valence-corrected chi connectivity index (χ2v) is 6.21. The van der Waals surface area contributed by atoms with Gasteiger partial charge in [0.05, 0.1) is 7.11 Å². The molecule has 2 unspecified atom stereocenters. The Balaban J connectivity index is 2.15. The van der Waals surface area contributed by atoms with Crippen LogP contribution in [0.25, 0.3) is 0 Å². The number of hydrogen-bond donors (Lipinski definition) is 1. The first-order valence-electron chi connectivity index (χ1n) is 7.03. The quantitative estimate of drug-likeness (QED) is 0.886. The molecule has 19 heavy (non-hydrogen) atoms. The van der Waals surface area contributed by atoms with Crippen molar-refractivity contribution < 1.29 is 9.13 Å². The molecule has 1 aromatic carbocycles. The molecule has 1 N–H and O–H groups in total. The van der Waals surface area contributed by atoms with E-state index in [9.17, 15) is 4.39 Å². The third-order valence-electron chi connectivity index (χ3n) is 4.37. The van der Waals surface area contributed by atoms with Crippen molar-refractivity contribution in [3.05, 3.63) is 29.6 Å². The highest BCUT2D eigenvalue weighted by atomic mass is 19.1. The van der Waals surface area contributed by atoms with Crippen LogP contribution in [0.2, 0.25) is 0 Å². The Morgan fingerprint density at radius 3 is 2.74 bits per heavy atom. The van der Waals surface area contributed by atoms with Gasteiger partial charge < -0.3 is 10.1 Å². The van der Waals surface area contributed by atoms with Crippen LogP contribution in [0.3, 0.4) is 0 Å². The molecule has 1 aliphatic rings. The highest BCUT2D eigenvalue weighted by molar-refractivity contribution is 5.36. The van der Waals surface area contributed by atoms with E-state index in [0.717, 1.165) is 11.3 Å². The molecule has 0 aromatic heterocycles. The summed E-state index contributed by atoms with van der Waals surface area (Å²) in [7, 11) is 1.63. The van der Waals surface area contributed by atoms with Gasteiger partial charge in [-0.2, -0.15) is 0 Å². The zero-order chi connectivity index (χ0) is 14.0. The van der Waals surface area contributed by atoms with Crippen molar-refractivity contribution >= 4 is 0 Å². The Morgan fingerprint density at radius 1 is 1.42 bits per heavy atom. The molecule has 2 atom stereocenters. The van der Waals surface area contributed by atoms with Crippen molar-refractivity contribution in [2.24, 2.45) is 5.41 Å². The van der Waals surface area contributed by atoms with E-state index in [-0.39, 0.29) is 11.9 Å². The van der Waals surface area contributed by atoms with E-state index < -0.39 is 0 Å². The number of benzene rings is 1. The highest BCUT2D eigenvalue weighted by Crippen LogP contribution is 2.39. The van der Waals surface area contributed by atoms with Gasteiger partial charge in [-0.25, -0.2) is 4.39 Å². The average molecular weight is 265 g/mol. The van der Waals surface area contributed by atoms with Crippen LogP contribution in [0.5, 0.6) is 5.75 Å². The SMILES string of the molecule is COc1ccc(F)cc1C(C)NC1CCCC1(C)C. The topological polar surface area (TPSA) is 21.3 Å². The van der Waals surface area contributed by atoms with E-state index in [0.29, 0.717) is 11.5 Å². The lowest BCUT2D eigenvalue weighted by molar-refractivity contribution is 0.264. The summed E-state index contributed by atoms with van der Waals surface area (Å²) in [6.07, 6.45) is 3.70. The van der Waals surface area contributed by atoms with Crippen molar-refractivity contribution in [3.63, 3.8) is 0 Å². The van der Waals surface area contributed by atoms with Crippen LogP contribution in [0.15, 0.2) is 18.2 Å². The maximum atomic E-state index is 13.4. The van der Waals surface area contributed by atoms with Gasteiger partial charge in [0, 0.05) is 17.6 Å². The van der Waals surface area contributed by atoms with Crippen molar-refractivity contribution in [3.8, 4) is 5.75 Å². The number of rotatable bonds is 4. The zero-order valence-corrected chi connectivity index (χ0v) is 12.3. The fourth-order valence-corrected chi connectivity index (χ4v) is 3.07. The van der Waals surface area contributed by atoms with Crippen LogP contribution in [-0.2, 0) is 0 Å². The summed E-state index contributed by atoms with van der Waals surface area (Å²) < 4.78 is 18.8. The van der Waals surface area contributed by atoms with Gasteiger partial charge in [-0.3, -0.25) is 0 Å². The van der Waals surface area contributed by atoms with E-state index in [2.05, 4.69) is 26.1 Å². The van der Waals surface area contributed by atoms with Crippen molar-refractivity contribution in [2.75, 3.05) is 7.11 Å². The predicted octanol–water partition coefficient (Wildman–Crippen LogP) is 4.06. The Hall–Kier alpha value is -1.09. The van der Waals surface area contributed by atoms with Crippen LogP contribution >= 0.6 is 0 Å². The first-order valence-corrected chi connectivity index (χ1v) is 7.03. The Labute approximate surface area is 115 Å². The van der Waals surface area contributed by atoms with Gasteiger partial charge in [-0.1, -0.05) is 20.3 Å². The summed E-state index contributed by atoms with van der Waals surface area (Å²) in [6, 6.07) is 5.28. The maximum absolute atomic E-state index is 13.4. The lowest BCUT2D eigenvalue weighted by atomic mass is 9.86. The lowest BCUT2D eigenvalue weighted by Crippen LogP contribution is -2.39. The standard InChI is InChI=1S/C16H24FNO/c1-11(18-15-6-5-9-16(15,2)3)13-10-12(17)7-8-14(13)19-4/h7-8,10-11,15,18H,5-6,9H2,1-4H3. The molecule has 0 aliphatic heterocycles. The summed E-state index contributed by atoms with van der Waals surface area (Å²) in [5, 5.41) is 3.64. The molecular weight excluding hydrogens is 241 g/mol. The normalized spacial score (nSPS) is 23.3. The monoisotopic (exact) mass is 265 g/mol. The molecule has 1 fully saturated rings. The minimum atomic E-state index is -0.213. The Bertz CT molecular complexity index is 444. The number of ether oxygens (including phenoxy) is 1. The van der Waals surface area contributed by atoms with Crippen molar-refractivity contribution in [1.29, 1.82) is 0 Å².